The van der Waals surface area contributed by atoms with E-state index >= 15 is 0 Å². The van der Waals surface area contributed by atoms with Crippen LogP contribution in [-0.2, 0) is 6.42 Å². The second-order valence-electron chi connectivity index (χ2n) is 5.58. The number of ether oxygens (including phenoxy) is 1. The molecule has 1 fully saturated rings. The molecule has 3 heteroatoms. The van der Waals surface area contributed by atoms with Crippen LogP contribution in [0.25, 0.3) is 0 Å². The highest BCUT2D eigenvalue weighted by molar-refractivity contribution is 5.37. The monoisotopic (exact) mass is 247 g/mol. The van der Waals surface area contributed by atoms with Gasteiger partial charge in [0.2, 0.25) is 0 Å². The molecule has 0 bridgehead atoms. The summed E-state index contributed by atoms with van der Waals surface area (Å²) in [7, 11) is 0. The van der Waals surface area contributed by atoms with Crippen molar-refractivity contribution in [3.63, 3.8) is 0 Å². The molecule has 0 aromatic heterocycles. The SMILES string of the molecule is OCC1(NCC2Cc3ccccc3O2)CCCC1. The zero-order chi connectivity index (χ0) is 12.4. The molecule has 1 heterocycles. The maximum absolute atomic E-state index is 9.56. The Labute approximate surface area is 108 Å². The van der Waals surface area contributed by atoms with Gasteiger partial charge in [-0.3, -0.25) is 0 Å². The Morgan fingerprint density at radius 1 is 1.28 bits per heavy atom. The first-order valence-electron chi connectivity index (χ1n) is 6.92. The van der Waals surface area contributed by atoms with Crippen molar-refractivity contribution in [1.82, 2.24) is 5.32 Å². The maximum atomic E-state index is 9.56. The Morgan fingerprint density at radius 3 is 2.78 bits per heavy atom. The maximum Gasteiger partial charge on any atom is 0.123 e. The van der Waals surface area contributed by atoms with Gasteiger partial charge in [0.15, 0.2) is 0 Å². The second kappa shape index (κ2) is 4.90. The van der Waals surface area contributed by atoms with Gasteiger partial charge in [-0.05, 0) is 24.5 Å². The Balaban J connectivity index is 1.57. The summed E-state index contributed by atoms with van der Waals surface area (Å²) in [6, 6.07) is 8.24. The Morgan fingerprint density at radius 2 is 2.06 bits per heavy atom. The molecule has 0 amide bonds. The largest absolute Gasteiger partial charge is 0.488 e. The number of hydrogen-bond donors (Lipinski definition) is 2. The fraction of sp³-hybridized carbons (Fsp3) is 0.600. The average Bonchev–Trinajstić information content (AvgIpc) is 3.03. The number of para-hydroxylation sites is 1. The van der Waals surface area contributed by atoms with E-state index in [4.69, 9.17) is 4.74 Å². The highest BCUT2D eigenvalue weighted by Crippen LogP contribution is 2.31. The zero-order valence-electron chi connectivity index (χ0n) is 10.7. The lowest BCUT2D eigenvalue weighted by Gasteiger charge is -2.29. The van der Waals surface area contributed by atoms with E-state index in [2.05, 4.69) is 17.4 Å². The molecule has 3 rings (SSSR count). The molecular formula is C15H21NO2. The standard InChI is InChI=1S/C15H21NO2/c17-11-15(7-3-4-8-15)16-10-13-9-12-5-1-2-6-14(12)18-13/h1-2,5-6,13,16-17H,3-4,7-11H2. The third kappa shape index (κ3) is 2.25. The smallest absolute Gasteiger partial charge is 0.123 e. The fourth-order valence-electron chi connectivity index (χ4n) is 3.14. The van der Waals surface area contributed by atoms with Gasteiger partial charge in [0, 0.05) is 18.5 Å². The predicted octanol–water partition coefficient (Wildman–Crippen LogP) is 1.88. The summed E-state index contributed by atoms with van der Waals surface area (Å²) >= 11 is 0. The molecule has 1 atom stereocenters. The quantitative estimate of drug-likeness (QED) is 0.853. The van der Waals surface area contributed by atoms with Crippen LogP contribution in [0.3, 0.4) is 0 Å². The molecule has 1 aliphatic carbocycles. The van der Waals surface area contributed by atoms with Crippen LogP contribution in [0.4, 0.5) is 0 Å². The van der Waals surface area contributed by atoms with Crippen molar-refractivity contribution in [3.05, 3.63) is 29.8 Å². The van der Waals surface area contributed by atoms with Gasteiger partial charge in [-0.25, -0.2) is 0 Å². The van der Waals surface area contributed by atoms with E-state index in [9.17, 15) is 5.11 Å². The summed E-state index contributed by atoms with van der Waals surface area (Å²) < 4.78 is 5.91. The van der Waals surface area contributed by atoms with Crippen LogP contribution in [0, 0.1) is 0 Å². The third-order valence-corrected chi connectivity index (χ3v) is 4.28. The molecule has 2 N–H and O–H groups in total. The number of hydrogen-bond acceptors (Lipinski definition) is 3. The highest BCUT2D eigenvalue weighted by Gasteiger charge is 2.34. The predicted molar refractivity (Wildman–Crippen MR) is 70.8 cm³/mol. The van der Waals surface area contributed by atoms with Gasteiger partial charge in [-0.2, -0.15) is 0 Å². The molecule has 0 radical (unpaired) electrons. The lowest BCUT2D eigenvalue weighted by atomic mass is 9.98. The number of nitrogens with one attached hydrogen (secondary N) is 1. The summed E-state index contributed by atoms with van der Waals surface area (Å²) in [6.45, 7) is 1.07. The molecule has 3 nitrogen and oxygen atoms in total. The fourth-order valence-corrected chi connectivity index (χ4v) is 3.14. The Hall–Kier alpha value is -1.06. The molecule has 1 unspecified atom stereocenters. The minimum atomic E-state index is -0.0435. The summed E-state index contributed by atoms with van der Waals surface area (Å²) in [6.07, 6.45) is 5.81. The first kappa shape index (κ1) is 12.0. The minimum absolute atomic E-state index is 0.0435. The zero-order valence-corrected chi connectivity index (χ0v) is 10.7. The van der Waals surface area contributed by atoms with Crippen LogP contribution < -0.4 is 10.1 Å². The van der Waals surface area contributed by atoms with E-state index < -0.39 is 0 Å². The van der Waals surface area contributed by atoms with Gasteiger partial charge in [-0.15, -0.1) is 0 Å². The third-order valence-electron chi connectivity index (χ3n) is 4.28. The summed E-state index contributed by atoms with van der Waals surface area (Å²) in [5.41, 5.74) is 1.26. The number of rotatable bonds is 4. The minimum Gasteiger partial charge on any atom is -0.488 e. The van der Waals surface area contributed by atoms with Crippen LogP contribution in [0.2, 0.25) is 0 Å². The average molecular weight is 247 g/mol. The molecule has 1 aromatic rings. The van der Waals surface area contributed by atoms with Crippen molar-refractivity contribution >= 4 is 0 Å². The van der Waals surface area contributed by atoms with Crippen LogP contribution in [0.1, 0.15) is 31.2 Å². The van der Waals surface area contributed by atoms with Crippen molar-refractivity contribution in [3.8, 4) is 5.75 Å². The van der Waals surface area contributed by atoms with E-state index in [1.165, 1.54) is 18.4 Å². The summed E-state index contributed by atoms with van der Waals surface area (Å²) in [5.74, 6) is 1.02. The van der Waals surface area contributed by atoms with Crippen LogP contribution in [-0.4, -0.2) is 29.9 Å². The normalized spacial score (nSPS) is 24.8. The number of aliphatic hydroxyl groups is 1. The number of benzene rings is 1. The molecule has 1 aromatic carbocycles. The molecule has 1 saturated carbocycles. The van der Waals surface area contributed by atoms with Crippen molar-refractivity contribution in [2.75, 3.05) is 13.2 Å². The molecule has 1 aliphatic heterocycles. The van der Waals surface area contributed by atoms with Gasteiger partial charge in [-0.1, -0.05) is 31.0 Å². The molecule has 0 saturated heterocycles. The summed E-state index contributed by atoms with van der Waals surface area (Å²) in [4.78, 5) is 0. The number of fused-ring (bicyclic) bond motifs is 1. The lowest BCUT2D eigenvalue weighted by molar-refractivity contribution is 0.141. The lowest BCUT2D eigenvalue weighted by Crippen LogP contribution is -2.49. The van der Waals surface area contributed by atoms with Crippen LogP contribution in [0.5, 0.6) is 5.75 Å². The van der Waals surface area contributed by atoms with E-state index in [-0.39, 0.29) is 18.2 Å². The van der Waals surface area contributed by atoms with Crippen LogP contribution >= 0.6 is 0 Å². The first-order chi connectivity index (χ1) is 8.81. The molecule has 18 heavy (non-hydrogen) atoms. The molecule has 2 aliphatic rings. The van der Waals surface area contributed by atoms with Gasteiger partial charge in [0.05, 0.1) is 6.61 Å². The van der Waals surface area contributed by atoms with Gasteiger partial charge >= 0.3 is 0 Å². The van der Waals surface area contributed by atoms with E-state index in [0.717, 1.165) is 31.6 Å². The van der Waals surface area contributed by atoms with Crippen molar-refractivity contribution < 1.29 is 9.84 Å². The van der Waals surface area contributed by atoms with Crippen molar-refractivity contribution in [2.45, 2.75) is 43.7 Å². The second-order valence-corrected chi connectivity index (χ2v) is 5.58. The molecular weight excluding hydrogens is 226 g/mol. The Bertz CT molecular complexity index is 388. The van der Waals surface area contributed by atoms with Crippen molar-refractivity contribution in [2.24, 2.45) is 0 Å². The summed E-state index contributed by atoms with van der Waals surface area (Å²) in [5, 5.41) is 13.1. The Kier molecular flexibility index (Phi) is 3.27. The van der Waals surface area contributed by atoms with Crippen molar-refractivity contribution in [1.29, 1.82) is 0 Å². The van der Waals surface area contributed by atoms with Gasteiger partial charge < -0.3 is 15.2 Å². The van der Waals surface area contributed by atoms with Crippen LogP contribution in [0.15, 0.2) is 24.3 Å². The number of aliphatic hydroxyl groups excluding tert-OH is 1. The highest BCUT2D eigenvalue weighted by atomic mass is 16.5. The molecule has 98 valence electrons. The van der Waals surface area contributed by atoms with Gasteiger partial charge in [0.1, 0.15) is 11.9 Å². The topological polar surface area (TPSA) is 41.5 Å². The first-order valence-corrected chi connectivity index (χ1v) is 6.92. The van der Waals surface area contributed by atoms with E-state index in [1.807, 2.05) is 12.1 Å². The molecule has 0 spiro atoms. The van der Waals surface area contributed by atoms with E-state index in [0.29, 0.717) is 0 Å². The van der Waals surface area contributed by atoms with E-state index in [1.54, 1.807) is 0 Å². The van der Waals surface area contributed by atoms with Gasteiger partial charge in [0.25, 0.3) is 0 Å².